The van der Waals surface area contributed by atoms with E-state index in [2.05, 4.69) is 39.2 Å². The average Bonchev–Trinajstić information content (AvgIpc) is 3.41. The number of hydrogen-bond donors (Lipinski definition) is 1. The SMILES string of the molecule is CN=C(NCC1(c2ccc(OC)cc2)CC1)N1CCN(C(C)C(=O)N2CCCC2)CC1. The van der Waals surface area contributed by atoms with Crippen LogP contribution in [0.2, 0.25) is 0 Å². The summed E-state index contributed by atoms with van der Waals surface area (Å²) in [6.07, 6.45) is 4.69. The van der Waals surface area contributed by atoms with Crippen molar-refractivity contribution in [3.05, 3.63) is 29.8 Å². The number of methoxy groups -OCH3 is 1. The van der Waals surface area contributed by atoms with E-state index >= 15 is 0 Å². The van der Waals surface area contributed by atoms with Crippen molar-refractivity contribution in [2.75, 3.05) is 60.0 Å². The zero-order valence-corrected chi connectivity index (χ0v) is 19.3. The van der Waals surface area contributed by atoms with E-state index in [0.29, 0.717) is 5.91 Å². The Balaban J connectivity index is 1.28. The van der Waals surface area contributed by atoms with Crippen LogP contribution in [0.4, 0.5) is 0 Å². The van der Waals surface area contributed by atoms with Crippen LogP contribution in [0.15, 0.2) is 29.3 Å². The first-order valence-corrected chi connectivity index (χ1v) is 11.7. The molecule has 0 aromatic heterocycles. The van der Waals surface area contributed by atoms with Gasteiger partial charge < -0.3 is 19.9 Å². The van der Waals surface area contributed by atoms with Crippen molar-refractivity contribution in [3.8, 4) is 5.75 Å². The predicted octanol–water partition coefficient (Wildman–Crippen LogP) is 1.93. The molecule has 2 heterocycles. The molecule has 1 aromatic rings. The van der Waals surface area contributed by atoms with E-state index in [-0.39, 0.29) is 11.5 Å². The molecule has 0 radical (unpaired) electrons. The normalized spacial score (nSPS) is 22.4. The van der Waals surface area contributed by atoms with Gasteiger partial charge in [-0.3, -0.25) is 14.7 Å². The zero-order chi connectivity index (χ0) is 21.8. The number of amides is 1. The van der Waals surface area contributed by atoms with Gasteiger partial charge in [0, 0.05) is 58.3 Å². The molecule has 1 atom stereocenters. The second kappa shape index (κ2) is 9.47. The lowest BCUT2D eigenvalue weighted by Gasteiger charge is -2.39. The molecule has 1 aromatic carbocycles. The van der Waals surface area contributed by atoms with E-state index in [1.807, 2.05) is 24.1 Å². The van der Waals surface area contributed by atoms with Crippen LogP contribution < -0.4 is 10.1 Å². The van der Waals surface area contributed by atoms with Crippen LogP contribution in [0.25, 0.3) is 0 Å². The molecule has 0 spiro atoms. The predicted molar refractivity (Wildman–Crippen MR) is 124 cm³/mol. The second-order valence-corrected chi connectivity index (χ2v) is 9.14. The van der Waals surface area contributed by atoms with Gasteiger partial charge in [0.15, 0.2) is 5.96 Å². The summed E-state index contributed by atoms with van der Waals surface area (Å²) >= 11 is 0. The molecule has 1 N–H and O–H groups in total. The van der Waals surface area contributed by atoms with Crippen molar-refractivity contribution >= 4 is 11.9 Å². The standard InChI is InChI=1S/C24H37N5O2/c1-19(22(30)28-12-4-5-13-28)27-14-16-29(17-15-27)23(25-2)26-18-24(10-11-24)20-6-8-21(31-3)9-7-20/h6-9,19H,4-5,10-18H2,1-3H3,(H,25,26). The molecule has 3 aliphatic rings. The molecule has 7 nitrogen and oxygen atoms in total. The Morgan fingerprint density at radius 1 is 1.06 bits per heavy atom. The maximum absolute atomic E-state index is 12.7. The van der Waals surface area contributed by atoms with Gasteiger partial charge in [-0.1, -0.05) is 12.1 Å². The maximum Gasteiger partial charge on any atom is 0.239 e. The van der Waals surface area contributed by atoms with E-state index in [4.69, 9.17) is 4.74 Å². The van der Waals surface area contributed by atoms with Crippen LogP contribution >= 0.6 is 0 Å². The molecule has 170 valence electrons. The monoisotopic (exact) mass is 427 g/mol. The van der Waals surface area contributed by atoms with Gasteiger partial charge in [-0.05, 0) is 50.3 Å². The number of carbonyl (C=O) groups excluding carboxylic acids is 1. The third-order valence-electron chi connectivity index (χ3n) is 7.29. The van der Waals surface area contributed by atoms with Gasteiger partial charge in [0.1, 0.15) is 5.75 Å². The van der Waals surface area contributed by atoms with Crippen molar-refractivity contribution in [1.29, 1.82) is 0 Å². The van der Waals surface area contributed by atoms with E-state index in [9.17, 15) is 4.79 Å². The maximum atomic E-state index is 12.7. The fraction of sp³-hybridized carbons (Fsp3) is 0.667. The minimum absolute atomic E-state index is 0.0278. The van der Waals surface area contributed by atoms with Crippen LogP contribution in [0, 0.1) is 0 Å². The molecule has 2 aliphatic heterocycles. The fourth-order valence-corrected chi connectivity index (χ4v) is 4.92. The molecular weight excluding hydrogens is 390 g/mol. The number of benzene rings is 1. The molecule has 3 fully saturated rings. The molecule has 1 unspecified atom stereocenters. The van der Waals surface area contributed by atoms with Crippen molar-refractivity contribution in [3.63, 3.8) is 0 Å². The first-order valence-electron chi connectivity index (χ1n) is 11.7. The Labute approximate surface area is 186 Å². The first kappa shape index (κ1) is 21.9. The number of nitrogens with one attached hydrogen (secondary N) is 1. The summed E-state index contributed by atoms with van der Waals surface area (Å²) in [6, 6.07) is 8.45. The highest BCUT2D eigenvalue weighted by atomic mass is 16.5. The Kier molecular flexibility index (Phi) is 6.70. The van der Waals surface area contributed by atoms with E-state index in [1.165, 1.54) is 18.4 Å². The highest BCUT2D eigenvalue weighted by molar-refractivity contribution is 5.82. The lowest BCUT2D eigenvalue weighted by Crippen LogP contribution is -2.57. The summed E-state index contributed by atoms with van der Waals surface area (Å²) in [5.74, 6) is 2.17. The Morgan fingerprint density at radius 3 is 2.26 bits per heavy atom. The molecule has 1 aliphatic carbocycles. The number of rotatable bonds is 6. The van der Waals surface area contributed by atoms with Crippen molar-refractivity contribution in [2.24, 2.45) is 4.99 Å². The largest absolute Gasteiger partial charge is 0.497 e. The molecule has 31 heavy (non-hydrogen) atoms. The van der Waals surface area contributed by atoms with E-state index in [1.54, 1.807) is 7.11 Å². The highest BCUT2D eigenvalue weighted by Gasteiger charge is 2.44. The summed E-state index contributed by atoms with van der Waals surface area (Å²) < 4.78 is 5.30. The van der Waals surface area contributed by atoms with E-state index < -0.39 is 0 Å². The molecule has 2 saturated heterocycles. The summed E-state index contributed by atoms with van der Waals surface area (Å²) in [5.41, 5.74) is 1.58. The summed E-state index contributed by atoms with van der Waals surface area (Å²) in [6.45, 7) is 8.40. The van der Waals surface area contributed by atoms with E-state index in [0.717, 1.165) is 70.4 Å². The number of guanidine groups is 1. The summed E-state index contributed by atoms with van der Waals surface area (Å²) in [5, 5.41) is 3.63. The van der Waals surface area contributed by atoms with Crippen LogP contribution in [-0.2, 0) is 10.2 Å². The average molecular weight is 428 g/mol. The number of ether oxygens (including phenoxy) is 1. The van der Waals surface area contributed by atoms with Gasteiger partial charge in [0.2, 0.25) is 5.91 Å². The fourth-order valence-electron chi connectivity index (χ4n) is 4.92. The van der Waals surface area contributed by atoms with Gasteiger partial charge in [-0.2, -0.15) is 0 Å². The molecule has 1 amide bonds. The summed E-state index contributed by atoms with van der Waals surface area (Å²) in [7, 11) is 3.57. The van der Waals surface area contributed by atoms with Crippen LogP contribution in [0.5, 0.6) is 5.75 Å². The second-order valence-electron chi connectivity index (χ2n) is 9.14. The quantitative estimate of drug-likeness (QED) is 0.555. The smallest absolute Gasteiger partial charge is 0.239 e. The summed E-state index contributed by atoms with van der Waals surface area (Å²) in [4.78, 5) is 24.0. The van der Waals surface area contributed by atoms with Gasteiger partial charge >= 0.3 is 0 Å². The highest BCUT2D eigenvalue weighted by Crippen LogP contribution is 2.47. The molecule has 1 saturated carbocycles. The third kappa shape index (κ3) is 4.81. The lowest BCUT2D eigenvalue weighted by molar-refractivity contribution is -0.135. The van der Waals surface area contributed by atoms with Gasteiger partial charge in [-0.25, -0.2) is 0 Å². The van der Waals surface area contributed by atoms with Gasteiger partial charge in [0.25, 0.3) is 0 Å². The molecule has 7 heteroatoms. The molecule has 4 rings (SSSR count). The van der Waals surface area contributed by atoms with Crippen molar-refractivity contribution in [1.82, 2.24) is 20.0 Å². The Bertz CT molecular complexity index is 776. The zero-order valence-electron chi connectivity index (χ0n) is 19.3. The molecule has 0 bridgehead atoms. The minimum atomic E-state index is -0.0278. The number of carbonyl (C=O) groups is 1. The minimum Gasteiger partial charge on any atom is -0.497 e. The van der Waals surface area contributed by atoms with Crippen LogP contribution in [0.1, 0.15) is 38.2 Å². The van der Waals surface area contributed by atoms with Crippen LogP contribution in [-0.4, -0.2) is 92.6 Å². The van der Waals surface area contributed by atoms with Crippen LogP contribution in [0.3, 0.4) is 0 Å². The van der Waals surface area contributed by atoms with Gasteiger partial charge in [-0.15, -0.1) is 0 Å². The van der Waals surface area contributed by atoms with Crippen molar-refractivity contribution in [2.45, 2.75) is 44.1 Å². The lowest BCUT2D eigenvalue weighted by atomic mass is 9.96. The number of hydrogen-bond acceptors (Lipinski definition) is 4. The number of likely N-dealkylation sites (tertiary alicyclic amines) is 1. The third-order valence-corrected chi connectivity index (χ3v) is 7.29. The Hall–Kier alpha value is -2.28. The first-order chi connectivity index (χ1) is 15.1. The number of aliphatic imine (C=N–C) groups is 1. The van der Waals surface area contributed by atoms with Gasteiger partial charge in [0.05, 0.1) is 13.2 Å². The van der Waals surface area contributed by atoms with Crippen molar-refractivity contribution < 1.29 is 9.53 Å². The number of nitrogens with zero attached hydrogens (tertiary/aromatic N) is 4. The Morgan fingerprint density at radius 2 is 1.71 bits per heavy atom. The topological polar surface area (TPSA) is 60.4 Å². The molecular formula is C24H37N5O2. The number of piperazine rings is 1.